The molecule has 0 radical (unpaired) electrons. The highest BCUT2D eigenvalue weighted by Crippen LogP contribution is 2.23. The third kappa shape index (κ3) is 5.17. The summed E-state index contributed by atoms with van der Waals surface area (Å²) in [5, 5.41) is 0. The zero-order valence-corrected chi connectivity index (χ0v) is 9.71. The molecule has 1 saturated heterocycles. The maximum Gasteiger partial charge on any atom is 0.0996 e. The highest BCUT2D eigenvalue weighted by molar-refractivity contribution is 4.82. The number of unbranched alkanes of at least 4 members (excludes halogenated alkanes) is 3. The van der Waals surface area contributed by atoms with Crippen LogP contribution >= 0.6 is 0 Å². The van der Waals surface area contributed by atoms with Crippen LogP contribution in [0.2, 0.25) is 0 Å². The second kappa shape index (κ2) is 7.70. The van der Waals surface area contributed by atoms with E-state index in [-0.39, 0.29) is 6.10 Å². The normalized spacial score (nSPS) is 25.1. The van der Waals surface area contributed by atoms with Crippen molar-refractivity contribution >= 4 is 0 Å². The van der Waals surface area contributed by atoms with Gasteiger partial charge >= 0.3 is 0 Å². The van der Waals surface area contributed by atoms with E-state index in [1.807, 2.05) is 6.08 Å². The molecule has 2 atom stereocenters. The first-order valence-electron chi connectivity index (χ1n) is 6.03. The highest BCUT2D eigenvalue weighted by Gasteiger charge is 2.25. The Morgan fingerprint density at radius 2 is 2.07 bits per heavy atom. The van der Waals surface area contributed by atoms with Crippen molar-refractivity contribution in [3.05, 3.63) is 18.4 Å². The molecule has 0 aromatic rings. The standard InChI is InChI=1S/C13H22O2/c1-3-5-7-8-10-13-11-12(14-15-13)9-6-4-2/h6,12-13H,2-3,5,7-11H2,1H3. The smallest absolute Gasteiger partial charge is 0.0996 e. The maximum absolute atomic E-state index is 5.27. The van der Waals surface area contributed by atoms with Crippen LogP contribution in [0.4, 0.5) is 0 Å². The summed E-state index contributed by atoms with van der Waals surface area (Å²) in [6, 6.07) is 0. The first-order valence-corrected chi connectivity index (χ1v) is 6.03. The van der Waals surface area contributed by atoms with Crippen LogP contribution in [-0.4, -0.2) is 12.2 Å². The van der Waals surface area contributed by atoms with E-state index in [4.69, 9.17) is 9.78 Å². The molecule has 0 bridgehead atoms. The van der Waals surface area contributed by atoms with Gasteiger partial charge < -0.3 is 0 Å². The Kier molecular flexibility index (Phi) is 6.42. The summed E-state index contributed by atoms with van der Waals surface area (Å²) < 4.78 is 0. The third-order valence-corrected chi connectivity index (χ3v) is 2.76. The van der Waals surface area contributed by atoms with E-state index in [2.05, 4.69) is 19.2 Å². The minimum absolute atomic E-state index is 0.218. The Labute approximate surface area is 92.9 Å². The monoisotopic (exact) mass is 210 g/mol. The average molecular weight is 210 g/mol. The topological polar surface area (TPSA) is 18.5 Å². The van der Waals surface area contributed by atoms with Crippen LogP contribution in [0, 0.1) is 0 Å². The molecule has 0 aromatic heterocycles. The summed E-state index contributed by atoms with van der Waals surface area (Å²) in [5.41, 5.74) is 2.76. The van der Waals surface area contributed by atoms with Gasteiger partial charge in [0.25, 0.3) is 0 Å². The second-order valence-corrected chi connectivity index (χ2v) is 4.17. The Balaban J connectivity index is 2.05. The predicted molar refractivity (Wildman–Crippen MR) is 61.4 cm³/mol. The van der Waals surface area contributed by atoms with Gasteiger partial charge in [0.05, 0.1) is 12.2 Å². The molecule has 0 aromatic carbocycles. The third-order valence-electron chi connectivity index (χ3n) is 2.76. The summed E-state index contributed by atoms with van der Waals surface area (Å²) in [5.74, 6) is 0. The Hall–Kier alpha value is -0.560. The van der Waals surface area contributed by atoms with Gasteiger partial charge in [0.15, 0.2) is 0 Å². The van der Waals surface area contributed by atoms with Gasteiger partial charge in [0.1, 0.15) is 0 Å². The molecule has 0 aliphatic carbocycles. The van der Waals surface area contributed by atoms with E-state index in [1.54, 1.807) is 0 Å². The number of hydrogen-bond donors (Lipinski definition) is 0. The minimum atomic E-state index is 0.218. The van der Waals surface area contributed by atoms with Crippen molar-refractivity contribution in [2.24, 2.45) is 0 Å². The molecule has 1 fully saturated rings. The van der Waals surface area contributed by atoms with Gasteiger partial charge in [0.2, 0.25) is 0 Å². The molecule has 1 aliphatic heterocycles. The minimum Gasteiger partial charge on any atom is -0.233 e. The lowest BCUT2D eigenvalue weighted by Crippen LogP contribution is -2.06. The van der Waals surface area contributed by atoms with Crippen LogP contribution in [0.1, 0.15) is 51.9 Å². The first kappa shape index (κ1) is 12.5. The van der Waals surface area contributed by atoms with Gasteiger partial charge in [-0.3, -0.25) is 0 Å². The molecular formula is C13H22O2. The first-order chi connectivity index (χ1) is 7.36. The molecule has 2 heteroatoms. The Bertz CT molecular complexity index is 207. The molecular weight excluding hydrogens is 188 g/mol. The summed E-state index contributed by atoms with van der Waals surface area (Å²) in [6.45, 7) is 5.76. The van der Waals surface area contributed by atoms with Gasteiger partial charge in [-0.1, -0.05) is 39.2 Å². The van der Waals surface area contributed by atoms with E-state index < -0.39 is 0 Å². The number of rotatable bonds is 7. The lowest BCUT2D eigenvalue weighted by atomic mass is 10.0. The quantitative estimate of drug-likeness (QED) is 0.362. The summed E-state index contributed by atoms with van der Waals surface area (Å²) in [7, 11) is 0. The summed E-state index contributed by atoms with van der Waals surface area (Å²) in [6.07, 6.45) is 10.6. The van der Waals surface area contributed by atoms with Crippen LogP contribution in [-0.2, 0) is 9.78 Å². The molecule has 0 spiro atoms. The molecule has 2 unspecified atom stereocenters. The molecule has 2 nitrogen and oxygen atoms in total. The van der Waals surface area contributed by atoms with Crippen molar-refractivity contribution < 1.29 is 9.78 Å². The van der Waals surface area contributed by atoms with Crippen molar-refractivity contribution in [1.29, 1.82) is 0 Å². The van der Waals surface area contributed by atoms with E-state index in [0.29, 0.717) is 6.10 Å². The van der Waals surface area contributed by atoms with Gasteiger partial charge in [0, 0.05) is 12.8 Å². The van der Waals surface area contributed by atoms with Crippen molar-refractivity contribution in [2.75, 3.05) is 0 Å². The fourth-order valence-electron chi connectivity index (χ4n) is 1.84. The summed E-state index contributed by atoms with van der Waals surface area (Å²) in [4.78, 5) is 10.5. The zero-order valence-electron chi connectivity index (χ0n) is 9.71. The Morgan fingerprint density at radius 1 is 1.27 bits per heavy atom. The molecule has 1 heterocycles. The van der Waals surface area contributed by atoms with Gasteiger partial charge in [-0.05, 0) is 12.5 Å². The molecule has 0 N–H and O–H groups in total. The molecule has 0 amide bonds. The fourth-order valence-corrected chi connectivity index (χ4v) is 1.84. The predicted octanol–water partition coefficient (Wildman–Crippen LogP) is 3.78. The highest BCUT2D eigenvalue weighted by atomic mass is 17.2. The van der Waals surface area contributed by atoms with Crippen LogP contribution < -0.4 is 0 Å². The summed E-state index contributed by atoms with van der Waals surface area (Å²) >= 11 is 0. The van der Waals surface area contributed by atoms with Crippen LogP contribution in [0.5, 0.6) is 0 Å². The maximum atomic E-state index is 5.27. The molecule has 1 rings (SSSR count). The van der Waals surface area contributed by atoms with Crippen LogP contribution in [0.3, 0.4) is 0 Å². The largest absolute Gasteiger partial charge is 0.233 e. The van der Waals surface area contributed by atoms with Crippen LogP contribution in [0.15, 0.2) is 18.4 Å². The SMILES string of the molecule is C=C=CCC1CC(CCCCCC)OO1. The van der Waals surface area contributed by atoms with E-state index in [9.17, 15) is 0 Å². The van der Waals surface area contributed by atoms with E-state index in [1.165, 1.54) is 25.7 Å². The number of hydrogen-bond acceptors (Lipinski definition) is 2. The average Bonchev–Trinajstić information content (AvgIpc) is 2.69. The van der Waals surface area contributed by atoms with Gasteiger partial charge in [-0.25, -0.2) is 9.78 Å². The van der Waals surface area contributed by atoms with Crippen LogP contribution in [0.25, 0.3) is 0 Å². The van der Waals surface area contributed by atoms with E-state index in [0.717, 1.165) is 19.3 Å². The molecule has 0 saturated carbocycles. The molecule has 15 heavy (non-hydrogen) atoms. The zero-order chi connectivity index (χ0) is 10.9. The van der Waals surface area contributed by atoms with Crippen molar-refractivity contribution in [3.63, 3.8) is 0 Å². The van der Waals surface area contributed by atoms with Gasteiger partial charge in [-0.2, -0.15) is 0 Å². The lowest BCUT2D eigenvalue weighted by molar-refractivity contribution is -0.296. The lowest BCUT2D eigenvalue weighted by Gasteiger charge is -2.05. The fraction of sp³-hybridized carbons (Fsp3) is 0.769. The second-order valence-electron chi connectivity index (χ2n) is 4.17. The van der Waals surface area contributed by atoms with Gasteiger partial charge in [-0.15, -0.1) is 5.73 Å². The Morgan fingerprint density at radius 3 is 2.80 bits per heavy atom. The van der Waals surface area contributed by atoms with Crippen molar-refractivity contribution in [2.45, 2.75) is 64.1 Å². The molecule has 86 valence electrons. The van der Waals surface area contributed by atoms with E-state index >= 15 is 0 Å². The van der Waals surface area contributed by atoms with Crippen molar-refractivity contribution in [1.82, 2.24) is 0 Å². The van der Waals surface area contributed by atoms with Crippen molar-refractivity contribution in [3.8, 4) is 0 Å². The molecule has 1 aliphatic rings.